The van der Waals surface area contributed by atoms with Crippen LogP contribution in [0, 0.1) is 0 Å². The molecule has 1 N–H and O–H groups in total. The van der Waals surface area contributed by atoms with Crippen molar-refractivity contribution in [3.05, 3.63) is 0 Å². The predicted molar refractivity (Wildman–Crippen MR) is 71.5 cm³/mol. The fourth-order valence-electron chi connectivity index (χ4n) is 3.11. The first-order chi connectivity index (χ1) is 8.79. The second-order valence-electron chi connectivity index (χ2n) is 5.59. The highest BCUT2D eigenvalue weighted by Crippen LogP contribution is 2.20. The molecule has 0 bridgehead atoms. The minimum atomic E-state index is 0.133. The number of piperidine rings is 1. The average molecular weight is 254 g/mol. The number of hydrogen-bond donors (Lipinski definition) is 1. The van der Waals surface area contributed by atoms with Gasteiger partial charge in [-0.15, -0.1) is 0 Å². The molecule has 4 nitrogen and oxygen atoms in total. The highest BCUT2D eigenvalue weighted by molar-refractivity contribution is 5.77. The van der Waals surface area contributed by atoms with E-state index >= 15 is 0 Å². The zero-order chi connectivity index (χ0) is 12.8. The molecule has 1 heterocycles. The first-order valence-electron chi connectivity index (χ1n) is 7.32. The molecule has 2 rings (SSSR count). The van der Waals surface area contributed by atoms with Gasteiger partial charge in [0.05, 0.1) is 0 Å². The maximum atomic E-state index is 11.7. The zero-order valence-corrected chi connectivity index (χ0v) is 11.5. The van der Waals surface area contributed by atoms with Gasteiger partial charge in [0.1, 0.15) is 6.61 Å². The van der Waals surface area contributed by atoms with Crippen LogP contribution < -0.4 is 5.32 Å². The lowest BCUT2D eigenvalue weighted by atomic mass is 9.93. The van der Waals surface area contributed by atoms with Crippen molar-refractivity contribution < 1.29 is 9.53 Å². The average Bonchev–Trinajstić information content (AvgIpc) is 2.41. The fourth-order valence-corrected chi connectivity index (χ4v) is 3.11. The minimum absolute atomic E-state index is 0.133. The summed E-state index contributed by atoms with van der Waals surface area (Å²) in [4.78, 5) is 13.6. The summed E-state index contributed by atoms with van der Waals surface area (Å²) in [5.74, 6) is 0.133. The molecule has 4 heteroatoms. The number of methoxy groups -OCH3 is 1. The van der Waals surface area contributed by atoms with Crippen molar-refractivity contribution in [2.45, 2.75) is 57.0 Å². The van der Waals surface area contributed by atoms with Crippen LogP contribution in [0.5, 0.6) is 0 Å². The van der Waals surface area contributed by atoms with Gasteiger partial charge >= 0.3 is 0 Å². The molecule has 0 aromatic rings. The van der Waals surface area contributed by atoms with Crippen molar-refractivity contribution in [3.63, 3.8) is 0 Å². The van der Waals surface area contributed by atoms with Crippen LogP contribution in [0.1, 0.15) is 44.9 Å². The van der Waals surface area contributed by atoms with Crippen molar-refractivity contribution in [2.24, 2.45) is 0 Å². The fraction of sp³-hybridized carbons (Fsp3) is 0.929. The molecule has 1 aliphatic heterocycles. The van der Waals surface area contributed by atoms with Crippen LogP contribution in [0.25, 0.3) is 0 Å². The highest BCUT2D eigenvalue weighted by Gasteiger charge is 2.24. The van der Waals surface area contributed by atoms with Gasteiger partial charge in [-0.25, -0.2) is 0 Å². The Morgan fingerprint density at radius 1 is 1.11 bits per heavy atom. The smallest absolute Gasteiger partial charge is 0.248 e. The Labute approximate surface area is 110 Å². The quantitative estimate of drug-likeness (QED) is 0.827. The highest BCUT2D eigenvalue weighted by atomic mass is 16.5. The lowest BCUT2D eigenvalue weighted by Gasteiger charge is -2.35. The van der Waals surface area contributed by atoms with E-state index in [1.807, 2.05) is 4.90 Å². The normalized spacial score (nSPS) is 23.3. The number of carbonyl (C=O) groups is 1. The van der Waals surface area contributed by atoms with Crippen LogP contribution in [0.4, 0.5) is 0 Å². The Bertz CT molecular complexity index is 257. The van der Waals surface area contributed by atoms with Crippen LogP contribution in [0.3, 0.4) is 0 Å². The lowest BCUT2D eigenvalue weighted by molar-refractivity contribution is -0.136. The van der Waals surface area contributed by atoms with E-state index < -0.39 is 0 Å². The topological polar surface area (TPSA) is 41.6 Å². The molecule has 2 fully saturated rings. The van der Waals surface area contributed by atoms with Gasteiger partial charge in [0.15, 0.2) is 0 Å². The van der Waals surface area contributed by atoms with E-state index in [4.69, 9.17) is 4.74 Å². The Morgan fingerprint density at radius 3 is 2.33 bits per heavy atom. The largest absolute Gasteiger partial charge is 0.375 e. The number of carbonyl (C=O) groups excluding carboxylic acids is 1. The molecule has 1 saturated carbocycles. The summed E-state index contributed by atoms with van der Waals surface area (Å²) in [5, 5.41) is 3.78. The van der Waals surface area contributed by atoms with Gasteiger partial charge in [-0.3, -0.25) is 4.79 Å². The molecule has 1 saturated heterocycles. The number of amides is 1. The molecule has 104 valence electrons. The molecule has 1 aliphatic carbocycles. The summed E-state index contributed by atoms with van der Waals surface area (Å²) in [5.41, 5.74) is 0. The van der Waals surface area contributed by atoms with Crippen molar-refractivity contribution in [2.75, 3.05) is 26.8 Å². The summed E-state index contributed by atoms with van der Waals surface area (Å²) < 4.78 is 4.90. The van der Waals surface area contributed by atoms with E-state index in [2.05, 4.69) is 5.32 Å². The van der Waals surface area contributed by atoms with Crippen molar-refractivity contribution >= 4 is 5.91 Å². The number of nitrogens with one attached hydrogen (secondary N) is 1. The van der Waals surface area contributed by atoms with Gasteiger partial charge in [0, 0.05) is 32.3 Å². The molecule has 18 heavy (non-hydrogen) atoms. The van der Waals surface area contributed by atoms with Gasteiger partial charge < -0.3 is 15.0 Å². The van der Waals surface area contributed by atoms with Crippen LogP contribution in [0.15, 0.2) is 0 Å². The van der Waals surface area contributed by atoms with E-state index in [0.717, 1.165) is 32.0 Å². The van der Waals surface area contributed by atoms with Crippen molar-refractivity contribution in [3.8, 4) is 0 Å². The van der Waals surface area contributed by atoms with E-state index in [1.54, 1.807) is 7.11 Å². The van der Waals surface area contributed by atoms with Crippen molar-refractivity contribution in [1.82, 2.24) is 10.2 Å². The van der Waals surface area contributed by atoms with Gasteiger partial charge in [0.25, 0.3) is 0 Å². The first kappa shape index (κ1) is 13.8. The first-order valence-corrected chi connectivity index (χ1v) is 7.32. The minimum Gasteiger partial charge on any atom is -0.375 e. The van der Waals surface area contributed by atoms with Crippen LogP contribution in [-0.2, 0) is 9.53 Å². The molecular formula is C14H26N2O2. The lowest BCUT2D eigenvalue weighted by Crippen LogP contribution is -2.48. The van der Waals surface area contributed by atoms with E-state index in [-0.39, 0.29) is 12.5 Å². The van der Waals surface area contributed by atoms with Crippen LogP contribution >= 0.6 is 0 Å². The second-order valence-corrected chi connectivity index (χ2v) is 5.59. The Kier molecular flexibility index (Phi) is 5.45. The Balaban J connectivity index is 1.68. The van der Waals surface area contributed by atoms with Crippen LogP contribution in [0.2, 0.25) is 0 Å². The third-order valence-corrected chi connectivity index (χ3v) is 4.19. The Hall–Kier alpha value is -0.610. The number of likely N-dealkylation sites (tertiary alicyclic amines) is 1. The van der Waals surface area contributed by atoms with E-state index in [0.29, 0.717) is 6.04 Å². The molecule has 0 radical (unpaired) electrons. The SMILES string of the molecule is COCC(=O)N1CCC(NC2CCCCC2)CC1. The van der Waals surface area contributed by atoms with E-state index in [9.17, 15) is 4.79 Å². The van der Waals surface area contributed by atoms with Gasteiger partial charge in [-0.1, -0.05) is 19.3 Å². The summed E-state index contributed by atoms with van der Waals surface area (Å²) in [6, 6.07) is 1.34. The third kappa shape index (κ3) is 3.95. The second kappa shape index (κ2) is 7.10. The summed E-state index contributed by atoms with van der Waals surface area (Å²) in [7, 11) is 1.58. The molecule has 0 unspecified atom stereocenters. The van der Waals surface area contributed by atoms with Crippen LogP contribution in [-0.4, -0.2) is 49.7 Å². The Morgan fingerprint density at radius 2 is 1.72 bits per heavy atom. The number of rotatable bonds is 4. The molecular weight excluding hydrogens is 228 g/mol. The third-order valence-electron chi connectivity index (χ3n) is 4.19. The predicted octanol–water partition coefficient (Wildman–Crippen LogP) is 1.55. The monoisotopic (exact) mass is 254 g/mol. The summed E-state index contributed by atoms with van der Waals surface area (Å²) >= 11 is 0. The molecule has 0 spiro atoms. The maximum absolute atomic E-state index is 11.7. The van der Waals surface area contributed by atoms with Gasteiger partial charge in [-0.2, -0.15) is 0 Å². The number of nitrogens with zero attached hydrogens (tertiary/aromatic N) is 1. The molecule has 0 atom stereocenters. The van der Waals surface area contributed by atoms with Crippen molar-refractivity contribution in [1.29, 1.82) is 0 Å². The number of hydrogen-bond acceptors (Lipinski definition) is 3. The number of ether oxygens (including phenoxy) is 1. The summed E-state index contributed by atoms with van der Waals surface area (Å²) in [6.45, 7) is 1.99. The van der Waals surface area contributed by atoms with E-state index in [1.165, 1.54) is 32.1 Å². The molecule has 2 aliphatic rings. The molecule has 1 amide bonds. The molecule has 0 aromatic carbocycles. The van der Waals surface area contributed by atoms with Gasteiger partial charge in [0.2, 0.25) is 5.91 Å². The van der Waals surface area contributed by atoms with Gasteiger partial charge in [-0.05, 0) is 25.7 Å². The maximum Gasteiger partial charge on any atom is 0.248 e. The summed E-state index contributed by atoms with van der Waals surface area (Å²) in [6.07, 6.45) is 9.01. The molecule has 0 aromatic heterocycles. The zero-order valence-electron chi connectivity index (χ0n) is 11.5. The standard InChI is InChI=1S/C14H26N2O2/c1-18-11-14(17)16-9-7-13(8-10-16)15-12-5-3-2-4-6-12/h12-13,15H,2-11H2,1H3.